The first-order valence-corrected chi connectivity index (χ1v) is 11.0. The summed E-state index contributed by atoms with van der Waals surface area (Å²) >= 11 is 6.15. The second-order valence-electron chi connectivity index (χ2n) is 7.92. The summed E-state index contributed by atoms with van der Waals surface area (Å²) < 4.78 is 86.0. The number of aromatic nitrogens is 3. The number of rotatable bonds is 8. The van der Waals surface area contributed by atoms with Gasteiger partial charge in [0.1, 0.15) is 0 Å². The molecule has 0 atom stereocenters. The van der Waals surface area contributed by atoms with Gasteiger partial charge in [0.15, 0.2) is 0 Å². The molecule has 0 N–H and O–H groups in total. The molecule has 13 heteroatoms. The van der Waals surface area contributed by atoms with E-state index >= 15 is 0 Å². The zero-order chi connectivity index (χ0) is 26.7. The van der Waals surface area contributed by atoms with Crippen LogP contribution in [0, 0.1) is 0 Å². The van der Waals surface area contributed by atoms with Crippen LogP contribution in [0.25, 0.3) is 0 Å². The van der Waals surface area contributed by atoms with E-state index in [2.05, 4.69) is 10.3 Å². The Morgan fingerprint density at radius 1 is 1.06 bits per heavy atom. The van der Waals surface area contributed by atoms with Gasteiger partial charge < -0.3 is 9.64 Å². The fourth-order valence-corrected chi connectivity index (χ4v) is 3.50. The van der Waals surface area contributed by atoms with Crippen molar-refractivity contribution in [3.8, 4) is 5.88 Å². The van der Waals surface area contributed by atoms with Gasteiger partial charge in [-0.2, -0.15) is 26.3 Å². The zero-order valence-corrected chi connectivity index (χ0v) is 19.9. The van der Waals surface area contributed by atoms with E-state index < -0.39 is 35.9 Å². The van der Waals surface area contributed by atoms with Crippen LogP contribution in [0.1, 0.15) is 46.1 Å². The number of amides is 1. The Labute approximate surface area is 207 Å². The fraction of sp³-hybridized carbons (Fsp3) is 0.348. The van der Waals surface area contributed by atoms with Gasteiger partial charge in [-0.25, -0.2) is 4.68 Å². The van der Waals surface area contributed by atoms with Gasteiger partial charge >= 0.3 is 12.4 Å². The van der Waals surface area contributed by atoms with Crippen LogP contribution in [0.4, 0.5) is 26.3 Å². The van der Waals surface area contributed by atoms with E-state index in [0.717, 1.165) is 4.68 Å². The summed E-state index contributed by atoms with van der Waals surface area (Å²) in [7, 11) is 1.48. The second-order valence-corrected chi connectivity index (χ2v) is 8.32. The number of benzene rings is 2. The van der Waals surface area contributed by atoms with Crippen molar-refractivity contribution in [1.82, 2.24) is 19.9 Å². The van der Waals surface area contributed by atoms with Crippen LogP contribution in [0.15, 0.2) is 42.5 Å². The standard InChI is InChI=1S/C23H21ClF6N4O2/c1-3-8-36-21-19(20(35)33(2)13-15-6-4-5-7-18(15)24)31-32-34(21)12-14-9-16(22(25,26)27)11-17(10-14)23(28,29)30/h4-7,9-11H,3,8,12-13H2,1-2H3. The molecule has 0 bridgehead atoms. The third-order valence-corrected chi connectivity index (χ3v) is 5.40. The molecule has 0 saturated carbocycles. The fourth-order valence-electron chi connectivity index (χ4n) is 3.30. The minimum atomic E-state index is -5.00. The maximum atomic E-state index is 13.2. The molecule has 194 valence electrons. The van der Waals surface area contributed by atoms with Crippen LogP contribution in [-0.4, -0.2) is 39.5 Å². The van der Waals surface area contributed by atoms with Crippen LogP contribution in [-0.2, 0) is 25.4 Å². The van der Waals surface area contributed by atoms with Crippen molar-refractivity contribution in [3.63, 3.8) is 0 Å². The van der Waals surface area contributed by atoms with Crippen LogP contribution >= 0.6 is 11.6 Å². The first-order chi connectivity index (χ1) is 16.8. The van der Waals surface area contributed by atoms with Crippen molar-refractivity contribution < 1.29 is 35.9 Å². The highest BCUT2D eigenvalue weighted by atomic mass is 35.5. The number of carbonyl (C=O) groups excluding carboxylic acids is 1. The Balaban J connectivity index is 1.96. The lowest BCUT2D eigenvalue weighted by molar-refractivity contribution is -0.143. The third kappa shape index (κ3) is 6.48. The minimum Gasteiger partial charge on any atom is -0.476 e. The van der Waals surface area contributed by atoms with Gasteiger partial charge in [0.25, 0.3) is 5.91 Å². The van der Waals surface area contributed by atoms with Gasteiger partial charge in [-0.05, 0) is 41.8 Å². The second kappa shape index (κ2) is 10.8. The highest BCUT2D eigenvalue weighted by molar-refractivity contribution is 6.31. The van der Waals surface area contributed by atoms with E-state index in [-0.39, 0.29) is 36.4 Å². The largest absolute Gasteiger partial charge is 0.476 e. The molecule has 0 aliphatic rings. The van der Waals surface area contributed by atoms with Gasteiger partial charge in [0.2, 0.25) is 11.6 Å². The Kier molecular flexibility index (Phi) is 8.17. The molecule has 0 aliphatic carbocycles. The van der Waals surface area contributed by atoms with Gasteiger partial charge in [0.05, 0.1) is 24.3 Å². The van der Waals surface area contributed by atoms with E-state index in [1.165, 1.54) is 11.9 Å². The first kappa shape index (κ1) is 27.3. The summed E-state index contributed by atoms with van der Waals surface area (Å²) in [5, 5.41) is 8.03. The monoisotopic (exact) mass is 534 g/mol. The molecule has 1 aromatic heterocycles. The first-order valence-electron chi connectivity index (χ1n) is 10.6. The predicted molar refractivity (Wildman–Crippen MR) is 119 cm³/mol. The maximum absolute atomic E-state index is 13.2. The summed E-state index contributed by atoms with van der Waals surface area (Å²) in [6.07, 6.45) is -9.49. The predicted octanol–water partition coefficient (Wildman–Crippen LogP) is 6.08. The lowest BCUT2D eigenvalue weighted by atomic mass is 10.0. The summed E-state index contributed by atoms with van der Waals surface area (Å²) in [5.74, 6) is -0.786. The van der Waals surface area contributed by atoms with Crippen LogP contribution in [0.2, 0.25) is 5.02 Å². The number of hydrogen-bond acceptors (Lipinski definition) is 4. The van der Waals surface area contributed by atoms with Crippen LogP contribution in [0.3, 0.4) is 0 Å². The number of carbonyl (C=O) groups is 1. The lowest BCUT2D eigenvalue weighted by Gasteiger charge is -2.18. The SMILES string of the molecule is CCCOc1c(C(=O)N(C)Cc2ccccc2Cl)nnn1Cc1cc(C(F)(F)F)cc(C(F)(F)F)c1. The Morgan fingerprint density at radius 2 is 1.67 bits per heavy atom. The van der Waals surface area contributed by atoms with E-state index in [4.69, 9.17) is 16.3 Å². The van der Waals surface area contributed by atoms with Gasteiger partial charge in [-0.1, -0.05) is 41.9 Å². The molecule has 0 saturated heterocycles. The summed E-state index contributed by atoms with van der Waals surface area (Å²) in [5.41, 5.74) is -2.84. The number of nitrogens with zero attached hydrogens (tertiary/aromatic N) is 4. The molecular formula is C23H21ClF6N4O2. The zero-order valence-electron chi connectivity index (χ0n) is 19.1. The molecule has 3 aromatic rings. The minimum absolute atomic E-state index is 0.0396. The Bertz CT molecular complexity index is 1190. The van der Waals surface area contributed by atoms with Crippen molar-refractivity contribution in [2.24, 2.45) is 0 Å². The molecule has 2 aromatic carbocycles. The normalized spacial score (nSPS) is 12.0. The maximum Gasteiger partial charge on any atom is 0.416 e. The lowest BCUT2D eigenvalue weighted by Crippen LogP contribution is -2.27. The Hall–Kier alpha value is -3.28. The number of hydrogen-bond donors (Lipinski definition) is 0. The molecule has 0 unspecified atom stereocenters. The molecule has 36 heavy (non-hydrogen) atoms. The van der Waals surface area contributed by atoms with E-state index in [1.807, 2.05) is 0 Å². The van der Waals surface area contributed by atoms with E-state index in [1.54, 1.807) is 31.2 Å². The van der Waals surface area contributed by atoms with E-state index in [0.29, 0.717) is 29.1 Å². The van der Waals surface area contributed by atoms with Gasteiger partial charge in [-0.15, -0.1) is 5.10 Å². The average molecular weight is 535 g/mol. The molecule has 0 radical (unpaired) electrons. The van der Waals surface area contributed by atoms with Crippen molar-refractivity contribution in [2.45, 2.75) is 38.8 Å². The molecule has 3 rings (SSSR count). The van der Waals surface area contributed by atoms with Crippen molar-refractivity contribution in [3.05, 3.63) is 75.4 Å². The topological polar surface area (TPSA) is 60.2 Å². The molecule has 1 heterocycles. The van der Waals surface area contributed by atoms with Crippen molar-refractivity contribution in [1.29, 1.82) is 0 Å². The van der Waals surface area contributed by atoms with Crippen LogP contribution in [0.5, 0.6) is 5.88 Å². The molecular weight excluding hydrogens is 514 g/mol. The number of ether oxygens (including phenoxy) is 1. The highest BCUT2D eigenvalue weighted by Gasteiger charge is 2.37. The van der Waals surface area contributed by atoms with Gasteiger partial charge in [-0.3, -0.25) is 4.79 Å². The van der Waals surface area contributed by atoms with Crippen molar-refractivity contribution in [2.75, 3.05) is 13.7 Å². The molecule has 6 nitrogen and oxygen atoms in total. The smallest absolute Gasteiger partial charge is 0.416 e. The van der Waals surface area contributed by atoms with Crippen LogP contribution < -0.4 is 4.74 Å². The van der Waals surface area contributed by atoms with Gasteiger partial charge in [0, 0.05) is 18.6 Å². The molecule has 0 aliphatic heterocycles. The number of halogens is 7. The molecule has 0 fully saturated rings. The van der Waals surface area contributed by atoms with E-state index in [9.17, 15) is 31.1 Å². The Morgan fingerprint density at radius 3 is 2.22 bits per heavy atom. The molecule has 0 spiro atoms. The highest BCUT2D eigenvalue weighted by Crippen LogP contribution is 2.36. The summed E-state index contributed by atoms with van der Waals surface area (Å²) in [6.45, 7) is 1.46. The third-order valence-electron chi connectivity index (χ3n) is 5.03. The quantitative estimate of drug-likeness (QED) is 0.329. The molecule has 1 amide bonds. The average Bonchev–Trinajstić information content (AvgIpc) is 3.19. The summed E-state index contributed by atoms with van der Waals surface area (Å²) in [6, 6.07) is 8.08. The van der Waals surface area contributed by atoms with Crippen molar-refractivity contribution >= 4 is 17.5 Å². The number of alkyl halides is 6. The summed E-state index contributed by atoms with van der Waals surface area (Å²) in [4.78, 5) is 14.4.